The Balaban J connectivity index is 2.92. The molecule has 1 rings (SSSR count). The Morgan fingerprint density at radius 1 is 0.838 bits per heavy atom. The summed E-state index contributed by atoms with van der Waals surface area (Å²) in [6.45, 7) is 9.15. The molecular weight excluding hydrogens is 490 g/mol. The molecule has 0 aliphatic heterocycles. The van der Waals surface area contributed by atoms with Crippen molar-refractivity contribution in [3.8, 4) is 11.5 Å². The minimum atomic E-state index is -1.15. The lowest BCUT2D eigenvalue weighted by atomic mass is 10.0. The number of benzene rings is 1. The Labute approximate surface area is 216 Å². The van der Waals surface area contributed by atoms with Gasteiger partial charge in [0.25, 0.3) is 0 Å². The molecule has 0 amide bonds. The second kappa shape index (κ2) is 17.0. The quantitative estimate of drug-likeness (QED) is 0.188. The van der Waals surface area contributed by atoms with Gasteiger partial charge in [0.1, 0.15) is 18.2 Å². The lowest BCUT2D eigenvalue weighted by Crippen LogP contribution is -2.42. The molecule has 2 N–H and O–H groups in total. The number of carboxylic acids is 1. The van der Waals surface area contributed by atoms with Gasteiger partial charge in [-0.25, -0.2) is 14.4 Å². The summed E-state index contributed by atoms with van der Waals surface area (Å²) in [5.74, 6) is -1.39. The molecule has 1 aromatic rings. The third kappa shape index (κ3) is 12.8. The van der Waals surface area contributed by atoms with Crippen LogP contribution >= 0.6 is 0 Å². The fraction of sp³-hybridized carbons (Fsp3) is 0.600. The third-order valence-electron chi connectivity index (χ3n) is 4.80. The van der Waals surface area contributed by atoms with E-state index in [9.17, 15) is 24.3 Å². The van der Waals surface area contributed by atoms with Crippen LogP contribution in [-0.2, 0) is 30.2 Å². The molecule has 0 fully saturated rings. The minimum Gasteiger partial charge on any atom is -0.480 e. The maximum Gasteiger partial charge on any atom is 0.513 e. The van der Waals surface area contributed by atoms with E-state index in [1.165, 1.54) is 18.2 Å². The maximum absolute atomic E-state index is 12.0. The third-order valence-corrected chi connectivity index (χ3v) is 4.80. The first-order valence-electron chi connectivity index (χ1n) is 12.2. The Bertz CT molecular complexity index is 889. The molecule has 0 spiro atoms. The first-order chi connectivity index (χ1) is 17.6. The van der Waals surface area contributed by atoms with Crippen LogP contribution in [0.3, 0.4) is 0 Å². The predicted octanol–water partition coefficient (Wildman–Crippen LogP) is 4.46. The van der Waals surface area contributed by atoms with Gasteiger partial charge in [0.2, 0.25) is 0 Å². The summed E-state index contributed by atoms with van der Waals surface area (Å²) in [6.07, 6.45) is -2.00. The van der Waals surface area contributed by atoms with E-state index in [-0.39, 0.29) is 43.8 Å². The van der Waals surface area contributed by atoms with E-state index in [1.807, 2.05) is 20.8 Å². The van der Waals surface area contributed by atoms with Gasteiger partial charge in [-0.2, -0.15) is 0 Å². The number of carbonyl (C=O) groups is 4. The molecule has 2 unspecified atom stereocenters. The summed E-state index contributed by atoms with van der Waals surface area (Å²) in [4.78, 5) is 47.5. The Morgan fingerprint density at radius 2 is 1.41 bits per heavy atom. The number of rotatable bonds is 15. The molecule has 0 bridgehead atoms. The topological polar surface area (TPSA) is 156 Å². The number of carbonyl (C=O) groups excluding carboxylic acids is 3. The first-order valence-corrected chi connectivity index (χ1v) is 12.2. The van der Waals surface area contributed by atoms with Crippen molar-refractivity contribution < 1.29 is 52.7 Å². The maximum atomic E-state index is 12.0. The van der Waals surface area contributed by atoms with Crippen molar-refractivity contribution in [3.05, 3.63) is 23.8 Å². The largest absolute Gasteiger partial charge is 0.513 e. The molecular formula is C25H37NO11. The van der Waals surface area contributed by atoms with Crippen molar-refractivity contribution >= 4 is 24.4 Å². The highest BCUT2D eigenvalue weighted by molar-refractivity contribution is 5.74. The van der Waals surface area contributed by atoms with Gasteiger partial charge >= 0.3 is 24.4 Å². The van der Waals surface area contributed by atoms with E-state index >= 15 is 0 Å². The predicted molar refractivity (Wildman–Crippen MR) is 131 cm³/mol. The zero-order valence-corrected chi connectivity index (χ0v) is 21.9. The van der Waals surface area contributed by atoms with Crippen molar-refractivity contribution in [2.24, 2.45) is 0 Å². The SMILES string of the molecule is CCCOC(=O)Oc1ccc(C[C@H](NCC(C)OC(=O)OC(C)CC)C(=O)O)cc1OC(=O)OCCC. The van der Waals surface area contributed by atoms with Crippen LogP contribution in [0.2, 0.25) is 0 Å². The van der Waals surface area contributed by atoms with E-state index in [1.54, 1.807) is 13.8 Å². The molecule has 208 valence electrons. The Kier molecular flexibility index (Phi) is 14.5. The lowest BCUT2D eigenvalue weighted by Gasteiger charge is -2.20. The van der Waals surface area contributed by atoms with Crippen molar-refractivity contribution in [1.29, 1.82) is 0 Å². The fourth-order valence-electron chi connectivity index (χ4n) is 2.72. The number of aliphatic carboxylic acids is 1. The van der Waals surface area contributed by atoms with E-state index in [4.69, 9.17) is 28.4 Å². The zero-order chi connectivity index (χ0) is 27.8. The lowest BCUT2D eigenvalue weighted by molar-refractivity contribution is -0.139. The van der Waals surface area contributed by atoms with Crippen LogP contribution < -0.4 is 14.8 Å². The molecule has 37 heavy (non-hydrogen) atoms. The van der Waals surface area contributed by atoms with Crippen molar-refractivity contribution in [1.82, 2.24) is 5.32 Å². The van der Waals surface area contributed by atoms with Crippen molar-refractivity contribution in [3.63, 3.8) is 0 Å². The van der Waals surface area contributed by atoms with Crippen molar-refractivity contribution in [2.75, 3.05) is 19.8 Å². The number of nitrogens with one attached hydrogen (secondary N) is 1. The highest BCUT2D eigenvalue weighted by Crippen LogP contribution is 2.30. The number of ether oxygens (including phenoxy) is 6. The van der Waals surface area contributed by atoms with Crippen LogP contribution in [0.1, 0.15) is 59.4 Å². The smallest absolute Gasteiger partial charge is 0.480 e. The fourth-order valence-corrected chi connectivity index (χ4v) is 2.72. The second-order valence-corrected chi connectivity index (χ2v) is 8.20. The average molecular weight is 528 g/mol. The highest BCUT2D eigenvalue weighted by atomic mass is 16.7. The van der Waals surface area contributed by atoms with Gasteiger partial charge in [0.05, 0.1) is 13.2 Å². The molecule has 0 heterocycles. The van der Waals surface area contributed by atoms with Crippen LogP contribution in [-0.4, -0.2) is 67.6 Å². The van der Waals surface area contributed by atoms with E-state index < -0.39 is 36.6 Å². The van der Waals surface area contributed by atoms with Gasteiger partial charge in [-0.1, -0.05) is 26.8 Å². The number of carboxylic acid groups (broad SMARTS) is 1. The Morgan fingerprint density at radius 3 is 1.95 bits per heavy atom. The average Bonchev–Trinajstić information content (AvgIpc) is 2.84. The molecule has 0 saturated heterocycles. The molecule has 0 aromatic heterocycles. The van der Waals surface area contributed by atoms with Gasteiger partial charge in [-0.05, 0) is 57.2 Å². The molecule has 0 aliphatic rings. The standard InChI is InChI=1S/C25H37NO11/c1-6-11-32-23(29)36-20-10-9-18(14-21(20)37-24(30)33-12-7-2)13-19(22(27)28)26-15-17(5)35-25(31)34-16(4)8-3/h9-10,14,16-17,19,26H,6-8,11-13,15H2,1-5H3,(H,27,28)/t16?,17?,19-/m0/s1. The summed E-state index contributed by atoms with van der Waals surface area (Å²) < 4.78 is 30.3. The number of hydrogen-bond acceptors (Lipinski definition) is 11. The normalized spacial score (nSPS) is 13.0. The highest BCUT2D eigenvalue weighted by Gasteiger charge is 2.22. The molecule has 12 heteroatoms. The van der Waals surface area contributed by atoms with Crippen molar-refractivity contribution in [2.45, 2.75) is 78.6 Å². The zero-order valence-electron chi connectivity index (χ0n) is 21.9. The molecule has 3 atom stereocenters. The summed E-state index contributed by atoms with van der Waals surface area (Å²) in [5, 5.41) is 12.5. The first kappa shape index (κ1) is 31.5. The molecule has 12 nitrogen and oxygen atoms in total. The van der Waals surface area contributed by atoms with Crippen LogP contribution in [0.4, 0.5) is 14.4 Å². The van der Waals surface area contributed by atoms with Crippen LogP contribution in [0.15, 0.2) is 18.2 Å². The summed E-state index contributed by atoms with van der Waals surface area (Å²) >= 11 is 0. The van der Waals surface area contributed by atoms with Gasteiger partial charge in [-0.15, -0.1) is 0 Å². The van der Waals surface area contributed by atoms with Crippen LogP contribution in [0, 0.1) is 0 Å². The van der Waals surface area contributed by atoms with Crippen LogP contribution in [0.25, 0.3) is 0 Å². The number of hydrogen-bond donors (Lipinski definition) is 2. The molecule has 0 radical (unpaired) electrons. The molecule has 1 aromatic carbocycles. The van der Waals surface area contributed by atoms with Gasteiger partial charge in [-0.3, -0.25) is 4.79 Å². The van der Waals surface area contributed by atoms with E-state index in [0.29, 0.717) is 24.8 Å². The van der Waals surface area contributed by atoms with E-state index in [0.717, 1.165) is 0 Å². The summed E-state index contributed by atoms with van der Waals surface area (Å²) in [6, 6.07) is 3.18. The summed E-state index contributed by atoms with van der Waals surface area (Å²) in [7, 11) is 0. The summed E-state index contributed by atoms with van der Waals surface area (Å²) in [5.41, 5.74) is 0.456. The van der Waals surface area contributed by atoms with Gasteiger partial charge < -0.3 is 38.8 Å². The second-order valence-electron chi connectivity index (χ2n) is 8.20. The minimum absolute atomic E-state index is 0.0275. The van der Waals surface area contributed by atoms with Gasteiger partial charge in [0.15, 0.2) is 11.5 Å². The monoisotopic (exact) mass is 527 g/mol. The van der Waals surface area contributed by atoms with Gasteiger partial charge in [0, 0.05) is 6.54 Å². The molecule has 0 saturated carbocycles. The van der Waals surface area contributed by atoms with Crippen LogP contribution in [0.5, 0.6) is 11.5 Å². The Hall–Kier alpha value is -3.54. The molecule has 0 aliphatic carbocycles. The van der Waals surface area contributed by atoms with E-state index in [2.05, 4.69) is 5.32 Å².